The first-order valence-electron chi connectivity index (χ1n) is 23.7. The van der Waals surface area contributed by atoms with E-state index in [0.29, 0.717) is 28.1 Å². The van der Waals surface area contributed by atoms with Crippen LogP contribution in [0.3, 0.4) is 0 Å². The Balaban J connectivity index is 1.04. The fourth-order valence-electron chi connectivity index (χ4n) is 14.9. The third kappa shape index (κ3) is 9.01. The number of fused-ring (bicyclic) bond motifs is 7. The van der Waals surface area contributed by atoms with Crippen LogP contribution in [-0.2, 0) is 9.53 Å². The van der Waals surface area contributed by atoms with E-state index in [4.69, 9.17) is 4.74 Å². The molecule has 5 fully saturated rings. The molecule has 3 heteroatoms. The Morgan fingerprint density at radius 3 is 1.85 bits per heavy atom. The highest BCUT2D eigenvalue weighted by Gasteiger charge is 2.70. The van der Waals surface area contributed by atoms with Gasteiger partial charge in [0, 0.05) is 5.41 Å². The predicted octanol–water partition coefficient (Wildman–Crippen LogP) is 14.6. The van der Waals surface area contributed by atoms with Gasteiger partial charge in [-0.3, -0.25) is 4.79 Å². The van der Waals surface area contributed by atoms with Gasteiger partial charge in [-0.05, 0) is 129 Å². The minimum atomic E-state index is -0.575. The van der Waals surface area contributed by atoms with Gasteiger partial charge in [-0.25, -0.2) is 0 Å². The van der Waals surface area contributed by atoms with Crippen molar-refractivity contribution in [3.8, 4) is 0 Å². The average Bonchev–Trinajstić information content (AvgIpc) is 3.46. The summed E-state index contributed by atoms with van der Waals surface area (Å²) in [7, 11) is 0. The highest BCUT2D eigenvalue weighted by atomic mass is 16.5. The number of unbranched alkanes of at least 4 members (excludes halogenated alkanes) is 14. The van der Waals surface area contributed by atoms with E-state index in [9.17, 15) is 9.90 Å². The summed E-state index contributed by atoms with van der Waals surface area (Å²) < 4.78 is 6.35. The van der Waals surface area contributed by atoms with Crippen molar-refractivity contribution in [3.63, 3.8) is 0 Å². The minimum Gasteiger partial charge on any atom is -0.462 e. The Labute approximate surface area is 329 Å². The lowest BCUT2D eigenvalue weighted by atomic mass is 9.32. The molecule has 1 unspecified atom stereocenters. The van der Waals surface area contributed by atoms with E-state index < -0.39 is 6.10 Å². The first kappa shape index (κ1) is 43.3. The minimum absolute atomic E-state index is 0.0486. The standard InChI is InChI=1S/C50H88O3/c1-10-11-12-13-14-15-16-17-18-19-20-21-22-23-24-25-38(51)36-44(52)53-43-30-32-48(7)41(46(43,4)5)29-33-50(9)42(48)27-26-40-45-39(37(2)3)28-31-47(45,6)34-35-49(40,50)8/h38-43,45,51H,2,10-36H2,1,3-9H3/t38?,39-,40+,41-,42+,43-,45+,47+,48-,49+,50+/m0/s1. The zero-order valence-electron chi connectivity index (χ0n) is 36.6. The molecule has 0 aromatic heterocycles. The summed E-state index contributed by atoms with van der Waals surface area (Å²) in [6, 6.07) is 0. The molecule has 5 saturated carbocycles. The molecule has 0 aromatic rings. The fourth-order valence-corrected chi connectivity index (χ4v) is 14.9. The second-order valence-electron chi connectivity index (χ2n) is 21.8. The van der Waals surface area contributed by atoms with E-state index in [1.807, 2.05) is 0 Å². The number of aliphatic hydroxyl groups excluding tert-OH is 1. The first-order chi connectivity index (χ1) is 25.1. The summed E-state index contributed by atoms with van der Waals surface area (Å²) >= 11 is 0. The lowest BCUT2D eigenvalue weighted by Gasteiger charge is -2.73. The zero-order chi connectivity index (χ0) is 38.5. The third-order valence-electron chi connectivity index (χ3n) is 18.2. The third-order valence-corrected chi connectivity index (χ3v) is 18.2. The molecule has 5 rings (SSSR count). The monoisotopic (exact) mass is 737 g/mol. The van der Waals surface area contributed by atoms with E-state index in [-0.39, 0.29) is 29.3 Å². The van der Waals surface area contributed by atoms with E-state index in [1.165, 1.54) is 140 Å². The number of ether oxygens (including phenoxy) is 1. The fraction of sp³-hybridized carbons (Fsp3) is 0.940. The zero-order valence-corrected chi connectivity index (χ0v) is 36.6. The van der Waals surface area contributed by atoms with Crippen molar-refractivity contribution in [2.75, 3.05) is 0 Å². The Hall–Kier alpha value is -0.830. The van der Waals surface area contributed by atoms with E-state index in [0.717, 1.165) is 49.9 Å². The van der Waals surface area contributed by atoms with Gasteiger partial charge in [-0.2, -0.15) is 0 Å². The molecule has 306 valence electrons. The summed E-state index contributed by atoms with van der Waals surface area (Å²) in [6.07, 6.45) is 33.4. The largest absolute Gasteiger partial charge is 0.462 e. The molecule has 0 heterocycles. The van der Waals surface area contributed by atoms with Crippen LogP contribution in [0.5, 0.6) is 0 Å². The van der Waals surface area contributed by atoms with Crippen LogP contribution in [0.1, 0.15) is 229 Å². The first-order valence-corrected chi connectivity index (χ1v) is 23.7. The summed E-state index contributed by atoms with van der Waals surface area (Å²) in [6.45, 7) is 24.7. The molecular formula is C50H88O3. The van der Waals surface area contributed by atoms with E-state index in [2.05, 4.69) is 62.0 Å². The molecule has 0 radical (unpaired) electrons. The van der Waals surface area contributed by atoms with E-state index >= 15 is 0 Å². The van der Waals surface area contributed by atoms with Crippen molar-refractivity contribution in [2.45, 2.75) is 241 Å². The molecule has 0 aromatic carbocycles. The van der Waals surface area contributed by atoms with E-state index in [1.54, 1.807) is 0 Å². The van der Waals surface area contributed by atoms with Crippen LogP contribution in [0.15, 0.2) is 12.2 Å². The van der Waals surface area contributed by atoms with Crippen molar-refractivity contribution < 1.29 is 14.6 Å². The second kappa shape index (κ2) is 18.2. The van der Waals surface area contributed by atoms with Gasteiger partial charge >= 0.3 is 5.97 Å². The van der Waals surface area contributed by atoms with Crippen molar-refractivity contribution in [1.29, 1.82) is 0 Å². The Morgan fingerprint density at radius 2 is 1.26 bits per heavy atom. The summed E-state index contributed by atoms with van der Waals surface area (Å²) in [4.78, 5) is 13.3. The van der Waals surface area contributed by atoms with Crippen LogP contribution in [-0.4, -0.2) is 23.3 Å². The molecule has 0 amide bonds. The maximum Gasteiger partial charge on any atom is 0.308 e. The molecule has 3 nitrogen and oxygen atoms in total. The van der Waals surface area contributed by atoms with Crippen LogP contribution in [0, 0.1) is 56.7 Å². The van der Waals surface area contributed by atoms with Gasteiger partial charge in [0.25, 0.3) is 0 Å². The van der Waals surface area contributed by atoms with Crippen LogP contribution < -0.4 is 0 Å². The van der Waals surface area contributed by atoms with Gasteiger partial charge in [0.2, 0.25) is 0 Å². The van der Waals surface area contributed by atoms with Gasteiger partial charge in [0.15, 0.2) is 0 Å². The van der Waals surface area contributed by atoms with Crippen LogP contribution in [0.4, 0.5) is 0 Å². The molecule has 0 spiro atoms. The molecule has 0 bridgehead atoms. The molecule has 5 aliphatic rings. The van der Waals surface area contributed by atoms with Crippen molar-refractivity contribution in [3.05, 3.63) is 12.2 Å². The number of rotatable bonds is 20. The highest BCUT2D eigenvalue weighted by molar-refractivity contribution is 5.70. The number of aliphatic hydroxyl groups is 1. The Bertz CT molecular complexity index is 1190. The molecular weight excluding hydrogens is 649 g/mol. The topological polar surface area (TPSA) is 46.5 Å². The number of carbonyl (C=O) groups is 1. The predicted molar refractivity (Wildman–Crippen MR) is 225 cm³/mol. The van der Waals surface area contributed by atoms with Gasteiger partial charge in [-0.1, -0.05) is 157 Å². The van der Waals surface area contributed by atoms with Crippen molar-refractivity contribution in [1.82, 2.24) is 0 Å². The molecule has 1 N–H and O–H groups in total. The maximum atomic E-state index is 13.3. The van der Waals surface area contributed by atoms with Gasteiger partial charge in [-0.15, -0.1) is 0 Å². The molecule has 11 atom stereocenters. The summed E-state index contributed by atoms with van der Waals surface area (Å²) in [5.41, 5.74) is 2.93. The quantitative estimate of drug-likeness (QED) is 0.0769. The molecule has 0 saturated heterocycles. The second-order valence-corrected chi connectivity index (χ2v) is 21.8. The Morgan fingerprint density at radius 1 is 0.679 bits per heavy atom. The van der Waals surface area contributed by atoms with Crippen molar-refractivity contribution in [2.24, 2.45) is 56.7 Å². The van der Waals surface area contributed by atoms with Crippen LogP contribution >= 0.6 is 0 Å². The van der Waals surface area contributed by atoms with Crippen LogP contribution in [0.2, 0.25) is 0 Å². The maximum absolute atomic E-state index is 13.3. The summed E-state index contributed by atoms with van der Waals surface area (Å²) in [5.74, 6) is 3.46. The molecule has 53 heavy (non-hydrogen) atoms. The highest BCUT2D eigenvalue weighted by Crippen LogP contribution is 2.77. The molecule has 0 aliphatic heterocycles. The normalized spacial score (nSPS) is 39.3. The number of esters is 1. The Kier molecular flexibility index (Phi) is 14.9. The lowest BCUT2D eigenvalue weighted by Crippen LogP contribution is -2.66. The molecule has 5 aliphatic carbocycles. The van der Waals surface area contributed by atoms with Gasteiger partial charge < -0.3 is 9.84 Å². The average molecular weight is 737 g/mol. The number of carbonyl (C=O) groups excluding carboxylic acids is 1. The van der Waals surface area contributed by atoms with Gasteiger partial charge in [0.05, 0.1) is 12.5 Å². The number of hydrogen-bond donors (Lipinski definition) is 1. The van der Waals surface area contributed by atoms with Crippen LogP contribution in [0.25, 0.3) is 0 Å². The smallest absolute Gasteiger partial charge is 0.308 e. The summed E-state index contributed by atoms with van der Waals surface area (Å²) in [5, 5.41) is 10.8. The SMILES string of the molecule is C=C(C)[C@@H]1CC[C@]2(C)CC[C@]3(C)[C@H](CC[C@@H]4[C@@]5(C)CC[C@H](OC(=O)CC(O)CCCCCCCCCCCCCCCCC)C(C)(C)[C@@H]5CC[C@]43C)[C@@H]12. The number of allylic oxidation sites excluding steroid dienone is 1. The lowest BCUT2D eigenvalue weighted by molar-refractivity contribution is -0.249. The number of hydrogen-bond acceptors (Lipinski definition) is 3. The van der Waals surface area contributed by atoms with Crippen molar-refractivity contribution >= 4 is 5.97 Å². The van der Waals surface area contributed by atoms with Gasteiger partial charge in [0.1, 0.15) is 6.10 Å².